The summed E-state index contributed by atoms with van der Waals surface area (Å²) >= 11 is 0. The number of amides is 1. The fourth-order valence-electron chi connectivity index (χ4n) is 3.40. The summed E-state index contributed by atoms with van der Waals surface area (Å²) < 4.78 is 4.74. The quantitative estimate of drug-likeness (QED) is 0.833. The third-order valence-electron chi connectivity index (χ3n) is 4.65. The number of piperidine rings is 1. The molecule has 1 aliphatic carbocycles. The SMILES string of the molecule is CCCC1CC(NC(=O)OC)CN(C(C)C2CC2)C1. The Labute approximate surface area is 116 Å². The number of nitrogens with zero attached hydrogens (tertiary/aromatic N) is 1. The second-order valence-corrected chi connectivity index (χ2v) is 6.26. The lowest BCUT2D eigenvalue weighted by Crippen LogP contribution is -2.53. The van der Waals surface area contributed by atoms with Crippen molar-refractivity contribution in [2.24, 2.45) is 11.8 Å². The molecule has 1 N–H and O–H groups in total. The molecule has 3 unspecified atom stereocenters. The zero-order valence-corrected chi connectivity index (χ0v) is 12.5. The Morgan fingerprint density at radius 2 is 2.16 bits per heavy atom. The highest BCUT2D eigenvalue weighted by atomic mass is 16.5. The van der Waals surface area contributed by atoms with Gasteiger partial charge < -0.3 is 10.1 Å². The molecule has 0 aromatic rings. The lowest BCUT2D eigenvalue weighted by atomic mass is 9.89. The maximum Gasteiger partial charge on any atom is 0.407 e. The second kappa shape index (κ2) is 6.60. The van der Waals surface area contributed by atoms with Crippen molar-refractivity contribution in [3.63, 3.8) is 0 Å². The van der Waals surface area contributed by atoms with Gasteiger partial charge in [-0.2, -0.15) is 0 Å². The summed E-state index contributed by atoms with van der Waals surface area (Å²) in [5.74, 6) is 1.60. The van der Waals surface area contributed by atoms with Crippen molar-refractivity contribution in [1.82, 2.24) is 10.2 Å². The smallest absolute Gasteiger partial charge is 0.407 e. The summed E-state index contributed by atoms with van der Waals surface area (Å²) in [6.45, 7) is 6.77. The Bertz CT molecular complexity index is 305. The van der Waals surface area contributed by atoms with Crippen molar-refractivity contribution < 1.29 is 9.53 Å². The molecule has 3 atom stereocenters. The molecule has 4 nitrogen and oxygen atoms in total. The molecule has 0 aromatic carbocycles. The summed E-state index contributed by atoms with van der Waals surface area (Å²) in [4.78, 5) is 14.0. The first kappa shape index (κ1) is 14.6. The van der Waals surface area contributed by atoms with Gasteiger partial charge in [-0.15, -0.1) is 0 Å². The number of likely N-dealkylation sites (tertiary alicyclic amines) is 1. The predicted octanol–water partition coefficient (Wildman–Crippen LogP) is 2.63. The lowest BCUT2D eigenvalue weighted by molar-refractivity contribution is 0.0863. The third-order valence-corrected chi connectivity index (χ3v) is 4.65. The van der Waals surface area contributed by atoms with E-state index in [0.717, 1.165) is 18.9 Å². The van der Waals surface area contributed by atoms with E-state index in [0.29, 0.717) is 12.0 Å². The zero-order valence-electron chi connectivity index (χ0n) is 12.5. The summed E-state index contributed by atoms with van der Waals surface area (Å²) in [7, 11) is 1.44. The van der Waals surface area contributed by atoms with E-state index < -0.39 is 0 Å². The number of carbonyl (C=O) groups excluding carboxylic acids is 1. The number of nitrogens with one attached hydrogen (secondary N) is 1. The van der Waals surface area contributed by atoms with Gasteiger partial charge in [0.2, 0.25) is 0 Å². The van der Waals surface area contributed by atoms with E-state index in [1.54, 1.807) is 0 Å². The second-order valence-electron chi connectivity index (χ2n) is 6.26. The van der Waals surface area contributed by atoms with Crippen LogP contribution in [0.2, 0.25) is 0 Å². The Hall–Kier alpha value is -0.770. The maximum absolute atomic E-state index is 11.4. The molecular weight excluding hydrogens is 240 g/mol. The van der Waals surface area contributed by atoms with Crippen molar-refractivity contribution in [2.45, 2.75) is 58.0 Å². The number of hydrogen-bond donors (Lipinski definition) is 1. The van der Waals surface area contributed by atoms with Crippen LogP contribution >= 0.6 is 0 Å². The number of hydrogen-bond acceptors (Lipinski definition) is 3. The highest BCUT2D eigenvalue weighted by molar-refractivity contribution is 5.67. The van der Waals surface area contributed by atoms with E-state index in [4.69, 9.17) is 4.74 Å². The van der Waals surface area contributed by atoms with Crippen LogP contribution in [0.25, 0.3) is 0 Å². The van der Waals surface area contributed by atoms with Crippen LogP contribution in [0.15, 0.2) is 0 Å². The predicted molar refractivity (Wildman–Crippen MR) is 76.1 cm³/mol. The van der Waals surface area contributed by atoms with Crippen LogP contribution in [0.4, 0.5) is 4.79 Å². The minimum atomic E-state index is -0.291. The van der Waals surface area contributed by atoms with Crippen LogP contribution in [0.5, 0.6) is 0 Å². The third kappa shape index (κ3) is 4.10. The van der Waals surface area contributed by atoms with Crippen molar-refractivity contribution in [1.29, 1.82) is 0 Å². The molecule has 1 saturated carbocycles. The molecule has 110 valence electrons. The molecule has 19 heavy (non-hydrogen) atoms. The van der Waals surface area contributed by atoms with Crippen LogP contribution in [0, 0.1) is 11.8 Å². The molecule has 2 rings (SSSR count). The van der Waals surface area contributed by atoms with Gasteiger partial charge in [0.15, 0.2) is 0 Å². The number of carbonyl (C=O) groups is 1. The van der Waals surface area contributed by atoms with Crippen LogP contribution < -0.4 is 5.32 Å². The fraction of sp³-hybridized carbons (Fsp3) is 0.933. The van der Waals surface area contributed by atoms with Gasteiger partial charge >= 0.3 is 6.09 Å². The largest absolute Gasteiger partial charge is 0.453 e. The Morgan fingerprint density at radius 1 is 1.42 bits per heavy atom. The highest BCUT2D eigenvalue weighted by Gasteiger charge is 2.36. The van der Waals surface area contributed by atoms with Crippen LogP contribution in [-0.4, -0.2) is 43.3 Å². The van der Waals surface area contributed by atoms with Gasteiger partial charge in [-0.25, -0.2) is 4.79 Å². The van der Waals surface area contributed by atoms with Gasteiger partial charge in [0.25, 0.3) is 0 Å². The van der Waals surface area contributed by atoms with Gasteiger partial charge in [0, 0.05) is 25.2 Å². The van der Waals surface area contributed by atoms with Crippen LogP contribution in [-0.2, 0) is 4.74 Å². The van der Waals surface area contributed by atoms with E-state index in [1.165, 1.54) is 39.3 Å². The van der Waals surface area contributed by atoms with Crippen LogP contribution in [0.3, 0.4) is 0 Å². The summed E-state index contributed by atoms with van der Waals surface area (Å²) in [6, 6.07) is 0.917. The monoisotopic (exact) mass is 268 g/mol. The number of methoxy groups -OCH3 is 1. The van der Waals surface area contributed by atoms with Crippen molar-refractivity contribution in [2.75, 3.05) is 20.2 Å². The fourth-order valence-corrected chi connectivity index (χ4v) is 3.40. The van der Waals surface area contributed by atoms with E-state index in [1.807, 2.05) is 0 Å². The average molecular weight is 268 g/mol. The molecule has 0 bridgehead atoms. The van der Waals surface area contributed by atoms with Gasteiger partial charge in [-0.05, 0) is 44.4 Å². The standard InChI is InChI=1S/C15H28N2O2/c1-4-5-12-8-14(16-15(18)19-3)10-17(9-12)11(2)13-6-7-13/h11-14H,4-10H2,1-3H3,(H,16,18). The van der Waals surface area contributed by atoms with Gasteiger partial charge in [0.1, 0.15) is 0 Å². The minimum absolute atomic E-state index is 0.249. The van der Waals surface area contributed by atoms with E-state index in [-0.39, 0.29) is 12.1 Å². The number of ether oxygens (including phenoxy) is 1. The molecule has 0 spiro atoms. The van der Waals surface area contributed by atoms with Gasteiger partial charge in [-0.1, -0.05) is 13.3 Å². The Morgan fingerprint density at radius 3 is 2.74 bits per heavy atom. The van der Waals surface area contributed by atoms with Crippen molar-refractivity contribution >= 4 is 6.09 Å². The summed E-state index contributed by atoms with van der Waals surface area (Å²) in [5.41, 5.74) is 0. The molecule has 1 aliphatic heterocycles. The molecule has 2 fully saturated rings. The molecule has 0 aromatic heterocycles. The molecule has 1 heterocycles. The molecule has 4 heteroatoms. The van der Waals surface area contributed by atoms with E-state index in [9.17, 15) is 4.79 Å². The summed E-state index contributed by atoms with van der Waals surface area (Å²) in [6.07, 6.45) is 6.04. The Balaban J connectivity index is 1.93. The molecular formula is C15H28N2O2. The maximum atomic E-state index is 11.4. The van der Waals surface area contributed by atoms with Crippen molar-refractivity contribution in [3.05, 3.63) is 0 Å². The molecule has 1 saturated heterocycles. The number of alkyl carbamates (subject to hydrolysis) is 1. The molecule has 0 radical (unpaired) electrons. The highest BCUT2D eigenvalue weighted by Crippen LogP contribution is 2.37. The number of rotatable bonds is 5. The Kier molecular flexibility index (Phi) is 5.08. The first-order chi connectivity index (χ1) is 9.13. The summed E-state index contributed by atoms with van der Waals surface area (Å²) in [5, 5.41) is 3.00. The molecule has 1 amide bonds. The zero-order chi connectivity index (χ0) is 13.8. The first-order valence-electron chi connectivity index (χ1n) is 7.72. The normalized spacial score (nSPS) is 29.8. The minimum Gasteiger partial charge on any atom is -0.453 e. The first-order valence-corrected chi connectivity index (χ1v) is 7.72. The lowest BCUT2D eigenvalue weighted by Gasteiger charge is -2.41. The van der Waals surface area contributed by atoms with E-state index in [2.05, 4.69) is 24.1 Å². The van der Waals surface area contributed by atoms with E-state index >= 15 is 0 Å². The topological polar surface area (TPSA) is 41.6 Å². The van der Waals surface area contributed by atoms with Crippen molar-refractivity contribution in [3.8, 4) is 0 Å². The average Bonchev–Trinajstić information content (AvgIpc) is 3.22. The van der Waals surface area contributed by atoms with Gasteiger partial charge in [-0.3, -0.25) is 4.90 Å². The molecule has 2 aliphatic rings. The van der Waals surface area contributed by atoms with Crippen LogP contribution in [0.1, 0.15) is 46.0 Å². The van der Waals surface area contributed by atoms with Gasteiger partial charge in [0.05, 0.1) is 7.11 Å².